The Morgan fingerprint density at radius 3 is 2.05 bits per heavy atom. The molecular formula is C17H15N3O2. The fourth-order valence-corrected chi connectivity index (χ4v) is 1.84. The number of nitrogens with one attached hydrogen (secondary N) is 1. The van der Waals surface area contributed by atoms with Crippen LogP contribution in [0.1, 0.15) is 15.9 Å². The molecule has 2 rings (SSSR count). The molecule has 5 nitrogen and oxygen atoms in total. The Hall–Kier alpha value is -3.21. The van der Waals surface area contributed by atoms with E-state index in [0.717, 1.165) is 5.56 Å². The van der Waals surface area contributed by atoms with Crippen LogP contribution in [-0.2, 0) is 4.79 Å². The molecule has 2 amide bonds. The molecule has 0 unspecified atom stereocenters. The first kappa shape index (κ1) is 15.2. The number of benzene rings is 2. The Labute approximate surface area is 128 Å². The Bertz CT molecular complexity index is 709. The highest BCUT2D eigenvalue weighted by atomic mass is 16.2. The van der Waals surface area contributed by atoms with Gasteiger partial charge in [0.2, 0.25) is 5.96 Å². The highest BCUT2D eigenvalue weighted by molar-refractivity contribution is 6.19. The third-order valence-corrected chi connectivity index (χ3v) is 2.90. The number of hydrogen-bond donors (Lipinski definition) is 2. The first-order valence-corrected chi connectivity index (χ1v) is 6.60. The Kier molecular flexibility index (Phi) is 4.82. The van der Waals surface area contributed by atoms with Crippen molar-refractivity contribution in [2.45, 2.75) is 0 Å². The van der Waals surface area contributed by atoms with Gasteiger partial charge in [0.15, 0.2) is 0 Å². The lowest BCUT2D eigenvalue weighted by molar-refractivity contribution is -0.120. The number of amides is 2. The number of nitrogens with two attached hydrogens (primary N) is 1. The van der Waals surface area contributed by atoms with Crippen LogP contribution in [0.25, 0.3) is 6.08 Å². The lowest BCUT2D eigenvalue weighted by atomic mass is 10.2. The van der Waals surface area contributed by atoms with Crippen molar-refractivity contribution in [1.82, 2.24) is 4.90 Å². The Balaban J connectivity index is 2.21. The number of rotatable bonds is 3. The van der Waals surface area contributed by atoms with Crippen LogP contribution in [0.3, 0.4) is 0 Å². The van der Waals surface area contributed by atoms with Gasteiger partial charge in [-0.05, 0) is 23.8 Å². The van der Waals surface area contributed by atoms with Gasteiger partial charge in [-0.25, -0.2) is 4.90 Å². The van der Waals surface area contributed by atoms with Crippen molar-refractivity contribution in [3.8, 4) is 0 Å². The fraction of sp³-hybridized carbons (Fsp3) is 0. The van der Waals surface area contributed by atoms with Crippen molar-refractivity contribution in [2.75, 3.05) is 0 Å². The highest BCUT2D eigenvalue weighted by Gasteiger charge is 2.23. The summed E-state index contributed by atoms with van der Waals surface area (Å²) in [6, 6.07) is 17.4. The van der Waals surface area contributed by atoms with Crippen LogP contribution in [0.15, 0.2) is 66.7 Å². The van der Waals surface area contributed by atoms with E-state index in [0.29, 0.717) is 10.5 Å². The summed E-state index contributed by atoms with van der Waals surface area (Å²) in [5, 5.41) is 7.47. The van der Waals surface area contributed by atoms with E-state index in [4.69, 9.17) is 11.1 Å². The van der Waals surface area contributed by atoms with E-state index in [1.807, 2.05) is 30.3 Å². The molecule has 2 aromatic rings. The van der Waals surface area contributed by atoms with Gasteiger partial charge in [-0.3, -0.25) is 15.0 Å². The second kappa shape index (κ2) is 6.99. The van der Waals surface area contributed by atoms with Crippen LogP contribution in [0.4, 0.5) is 0 Å². The number of carbonyl (C=O) groups is 2. The molecule has 0 spiro atoms. The number of nitrogens with zero attached hydrogens (tertiary/aromatic N) is 1. The maximum absolute atomic E-state index is 12.3. The van der Waals surface area contributed by atoms with Crippen LogP contribution >= 0.6 is 0 Å². The third kappa shape index (κ3) is 3.67. The molecule has 5 heteroatoms. The van der Waals surface area contributed by atoms with Gasteiger partial charge in [-0.2, -0.15) is 0 Å². The zero-order valence-corrected chi connectivity index (χ0v) is 11.8. The standard InChI is InChI=1S/C17H15N3O2/c18-17(19)20(16(22)14-9-5-2-6-10-14)15(21)12-11-13-7-3-1-4-8-13/h1-12H,(H3,18,19). The molecular weight excluding hydrogens is 278 g/mol. The predicted octanol–water partition coefficient (Wildman–Crippen LogP) is 2.26. The van der Waals surface area contributed by atoms with Crippen LogP contribution in [0.5, 0.6) is 0 Å². The van der Waals surface area contributed by atoms with Gasteiger partial charge in [0, 0.05) is 11.6 Å². The smallest absolute Gasteiger partial charge is 0.267 e. The minimum absolute atomic E-state index is 0.291. The summed E-state index contributed by atoms with van der Waals surface area (Å²) in [5.41, 5.74) is 6.48. The topological polar surface area (TPSA) is 87.2 Å². The van der Waals surface area contributed by atoms with E-state index in [-0.39, 0.29) is 0 Å². The second-order valence-electron chi connectivity index (χ2n) is 4.47. The molecule has 0 aliphatic rings. The number of carbonyl (C=O) groups excluding carboxylic acids is 2. The molecule has 22 heavy (non-hydrogen) atoms. The number of imide groups is 1. The maximum Gasteiger partial charge on any atom is 0.267 e. The van der Waals surface area contributed by atoms with Gasteiger partial charge < -0.3 is 5.73 Å². The molecule has 0 fully saturated rings. The normalized spacial score (nSPS) is 10.4. The zero-order chi connectivity index (χ0) is 15.9. The summed E-state index contributed by atoms with van der Waals surface area (Å²) in [4.78, 5) is 25.1. The summed E-state index contributed by atoms with van der Waals surface area (Å²) in [7, 11) is 0. The lowest BCUT2D eigenvalue weighted by Gasteiger charge is -2.16. The summed E-state index contributed by atoms with van der Waals surface area (Å²) >= 11 is 0. The minimum atomic E-state index is -0.662. The van der Waals surface area contributed by atoms with Crippen molar-refractivity contribution in [3.05, 3.63) is 77.9 Å². The van der Waals surface area contributed by atoms with Gasteiger partial charge in [-0.1, -0.05) is 48.5 Å². The van der Waals surface area contributed by atoms with Crippen molar-refractivity contribution in [3.63, 3.8) is 0 Å². The Morgan fingerprint density at radius 2 is 1.50 bits per heavy atom. The van der Waals surface area contributed by atoms with Gasteiger partial charge in [0.1, 0.15) is 0 Å². The molecule has 0 bridgehead atoms. The SMILES string of the molecule is N=C(N)N(C(=O)C=Cc1ccccc1)C(=O)c1ccccc1. The monoisotopic (exact) mass is 293 g/mol. The zero-order valence-electron chi connectivity index (χ0n) is 11.8. The number of hydrogen-bond acceptors (Lipinski definition) is 3. The highest BCUT2D eigenvalue weighted by Crippen LogP contribution is 2.07. The average Bonchev–Trinajstić information content (AvgIpc) is 2.54. The summed E-state index contributed by atoms with van der Waals surface area (Å²) < 4.78 is 0. The summed E-state index contributed by atoms with van der Waals surface area (Å²) in [6.45, 7) is 0. The molecule has 0 aliphatic carbocycles. The van der Waals surface area contributed by atoms with Gasteiger partial charge >= 0.3 is 0 Å². The molecule has 0 aliphatic heterocycles. The van der Waals surface area contributed by atoms with E-state index in [1.165, 1.54) is 6.08 Å². The summed E-state index contributed by atoms with van der Waals surface area (Å²) in [5.74, 6) is -1.91. The van der Waals surface area contributed by atoms with E-state index >= 15 is 0 Å². The molecule has 3 N–H and O–H groups in total. The first-order valence-electron chi connectivity index (χ1n) is 6.60. The molecule has 2 aromatic carbocycles. The minimum Gasteiger partial charge on any atom is -0.369 e. The van der Waals surface area contributed by atoms with Crippen molar-refractivity contribution >= 4 is 23.8 Å². The van der Waals surface area contributed by atoms with Crippen molar-refractivity contribution in [2.24, 2.45) is 5.73 Å². The second-order valence-corrected chi connectivity index (χ2v) is 4.47. The van der Waals surface area contributed by atoms with Crippen LogP contribution < -0.4 is 5.73 Å². The van der Waals surface area contributed by atoms with E-state index in [1.54, 1.807) is 36.4 Å². The van der Waals surface area contributed by atoms with Crippen LogP contribution in [0, 0.1) is 5.41 Å². The number of guanidine groups is 1. The third-order valence-electron chi connectivity index (χ3n) is 2.90. The van der Waals surface area contributed by atoms with E-state index in [9.17, 15) is 9.59 Å². The molecule has 0 aromatic heterocycles. The van der Waals surface area contributed by atoms with Gasteiger partial charge in [0.05, 0.1) is 0 Å². The van der Waals surface area contributed by atoms with Gasteiger partial charge in [0.25, 0.3) is 11.8 Å². The average molecular weight is 293 g/mol. The quantitative estimate of drug-likeness (QED) is 0.517. The molecule has 0 saturated heterocycles. The van der Waals surface area contributed by atoms with Gasteiger partial charge in [-0.15, -0.1) is 0 Å². The van der Waals surface area contributed by atoms with E-state index < -0.39 is 17.8 Å². The largest absolute Gasteiger partial charge is 0.369 e. The Morgan fingerprint density at radius 1 is 0.955 bits per heavy atom. The lowest BCUT2D eigenvalue weighted by Crippen LogP contribution is -2.44. The molecule has 0 heterocycles. The first-order chi connectivity index (χ1) is 10.6. The molecule has 0 radical (unpaired) electrons. The van der Waals surface area contributed by atoms with Crippen LogP contribution in [0.2, 0.25) is 0 Å². The van der Waals surface area contributed by atoms with Crippen LogP contribution in [-0.4, -0.2) is 22.7 Å². The fourth-order valence-electron chi connectivity index (χ4n) is 1.84. The van der Waals surface area contributed by atoms with Crippen molar-refractivity contribution < 1.29 is 9.59 Å². The van der Waals surface area contributed by atoms with Crippen molar-refractivity contribution in [1.29, 1.82) is 5.41 Å². The molecule has 110 valence electrons. The maximum atomic E-state index is 12.3. The molecule has 0 atom stereocenters. The van der Waals surface area contributed by atoms with E-state index in [2.05, 4.69) is 0 Å². The summed E-state index contributed by atoms with van der Waals surface area (Å²) in [6.07, 6.45) is 2.79. The molecule has 0 saturated carbocycles. The predicted molar refractivity (Wildman–Crippen MR) is 85.0 cm³/mol.